The Morgan fingerprint density at radius 3 is 2.50 bits per heavy atom. The van der Waals surface area contributed by atoms with Gasteiger partial charge in [0.05, 0.1) is 7.11 Å². The number of benzene rings is 1. The van der Waals surface area contributed by atoms with Gasteiger partial charge in [0.25, 0.3) is 0 Å². The fraction of sp³-hybridized carbons (Fsp3) is 0.667. The van der Waals surface area contributed by atoms with Crippen molar-refractivity contribution in [3.63, 3.8) is 0 Å². The van der Waals surface area contributed by atoms with Crippen LogP contribution in [0.1, 0.15) is 51.2 Å². The highest BCUT2D eigenvalue weighted by atomic mass is 79.9. The highest BCUT2D eigenvalue weighted by Crippen LogP contribution is 2.46. The topological polar surface area (TPSA) is 9.23 Å². The van der Waals surface area contributed by atoms with Crippen LogP contribution in [-0.2, 0) is 5.41 Å². The predicted octanol–water partition coefficient (Wildman–Crippen LogP) is 5.48. The third-order valence-electron chi connectivity index (χ3n) is 5.09. The van der Waals surface area contributed by atoms with Gasteiger partial charge in [0.1, 0.15) is 5.75 Å². The first-order valence-corrected chi connectivity index (χ1v) is 8.57. The van der Waals surface area contributed by atoms with Gasteiger partial charge in [-0.05, 0) is 60.3 Å². The minimum absolute atomic E-state index is 0.199. The van der Waals surface area contributed by atoms with E-state index < -0.39 is 0 Å². The summed E-state index contributed by atoms with van der Waals surface area (Å²) in [5.74, 6) is 2.50. The molecule has 2 heteroatoms. The normalized spacial score (nSPS) is 27.4. The molecule has 3 atom stereocenters. The minimum Gasteiger partial charge on any atom is -0.497 e. The summed E-state index contributed by atoms with van der Waals surface area (Å²) in [5.41, 5.74) is 3.00. The molecule has 0 bridgehead atoms. The van der Waals surface area contributed by atoms with E-state index in [4.69, 9.17) is 4.74 Å². The smallest absolute Gasteiger partial charge is 0.119 e. The highest BCUT2D eigenvalue weighted by Gasteiger charge is 2.39. The maximum atomic E-state index is 5.33. The summed E-state index contributed by atoms with van der Waals surface area (Å²) in [6.45, 7) is 9.37. The Hall–Kier alpha value is -0.500. The van der Waals surface area contributed by atoms with E-state index in [1.807, 2.05) is 0 Å². The molecule has 0 heterocycles. The number of rotatable bonds is 3. The molecule has 20 heavy (non-hydrogen) atoms. The van der Waals surface area contributed by atoms with Gasteiger partial charge in [0, 0.05) is 4.83 Å². The van der Waals surface area contributed by atoms with Crippen LogP contribution in [0.5, 0.6) is 5.75 Å². The maximum absolute atomic E-state index is 5.33. The van der Waals surface area contributed by atoms with Crippen LogP contribution in [0.2, 0.25) is 0 Å². The van der Waals surface area contributed by atoms with E-state index in [1.165, 1.54) is 30.4 Å². The first-order valence-electron chi connectivity index (χ1n) is 7.65. The maximum Gasteiger partial charge on any atom is 0.119 e. The van der Waals surface area contributed by atoms with Gasteiger partial charge in [0.2, 0.25) is 0 Å². The summed E-state index contributed by atoms with van der Waals surface area (Å²) in [6, 6.07) is 6.51. The molecule has 1 aliphatic carbocycles. The average Bonchev–Trinajstić information content (AvgIpc) is 2.37. The predicted molar refractivity (Wildman–Crippen MR) is 90.0 cm³/mol. The fourth-order valence-corrected chi connectivity index (χ4v) is 5.37. The van der Waals surface area contributed by atoms with Crippen molar-refractivity contribution < 1.29 is 4.74 Å². The van der Waals surface area contributed by atoms with Crippen LogP contribution >= 0.6 is 15.9 Å². The van der Waals surface area contributed by atoms with Gasteiger partial charge in [-0.15, -0.1) is 0 Å². The molecule has 0 saturated heterocycles. The molecular weight excluding hydrogens is 312 g/mol. The number of methoxy groups -OCH3 is 1. The van der Waals surface area contributed by atoms with Crippen molar-refractivity contribution in [2.45, 2.75) is 57.2 Å². The van der Waals surface area contributed by atoms with Crippen molar-refractivity contribution in [2.75, 3.05) is 7.11 Å². The molecule has 1 saturated carbocycles. The lowest BCUT2D eigenvalue weighted by molar-refractivity contribution is 0.213. The largest absolute Gasteiger partial charge is 0.497 e. The average molecular weight is 339 g/mol. The van der Waals surface area contributed by atoms with Gasteiger partial charge in [-0.25, -0.2) is 0 Å². The van der Waals surface area contributed by atoms with Crippen molar-refractivity contribution in [3.05, 3.63) is 29.3 Å². The van der Waals surface area contributed by atoms with Crippen LogP contribution in [0.15, 0.2) is 18.2 Å². The van der Waals surface area contributed by atoms with Gasteiger partial charge in [0.15, 0.2) is 0 Å². The molecule has 3 unspecified atom stereocenters. The van der Waals surface area contributed by atoms with E-state index in [1.54, 1.807) is 7.11 Å². The summed E-state index contributed by atoms with van der Waals surface area (Å²) in [4.78, 5) is 0.628. The van der Waals surface area contributed by atoms with Gasteiger partial charge < -0.3 is 4.74 Å². The van der Waals surface area contributed by atoms with E-state index in [2.05, 4.69) is 61.8 Å². The third-order valence-corrected chi connectivity index (χ3v) is 6.10. The molecule has 0 spiro atoms. The van der Waals surface area contributed by atoms with Crippen LogP contribution in [0.25, 0.3) is 0 Å². The molecule has 0 amide bonds. The molecule has 0 aromatic heterocycles. The molecule has 0 N–H and O–H groups in total. The number of hydrogen-bond acceptors (Lipinski definition) is 1. The Labute approximate surface area is 132 Å². The number of ether oxygens (including phenoxy) is 1. The SMILES string of the molecule is COc1ccc(C(C)(C)C2CCC(C)CC2Br)c(C)c1. The molecule has 0 aliphatic heterocycles. The number of hydrogen-bond donors (Lipinski definition) is 0. The second kappa shape index (κ2) is 6.09. The summed E-state index contributed by atoms with van der Waals surface area (Å²) in [6.07, 6.45) is 3.96. The van der Waals surface area contributed by atoms with Crippen LogP contribution in [0.4, 0.5) is 0 Å². The first-order chi connectivity index (χ1) is 9.36. The lowest BCUT2D eigenvalue weighted by atomic mass is 9.65. The first kappa shape index (κ1) is 15.9. The molecule has 2 rings (SSSR count). The number of halogens is 1. The second-order valence-corrected chi connectivity index (χ2v) is 8.12. The molecule has 1 fully saturated rings. The van der Waals surface area contributed by atoms with E-state index in [0.717, 1.165) is 11.7 Å². The Balaban J connectivity index is 2.29. The molecule has 1 aromatic rings. The molecule has 1 nitrogen and oxygen atoms in total. The summed E-state index contributed by atoms with van der Waals surface area (Å²) in [7, 11) is 1.73. The Morgan fingerprint density at radius 2 is 1.95 bits per heavy atom. The Bertz CT molecular complexity index is 466. The minimum atomic E-state index is 0.199. The van der Waals surface area contributed by atoms with E-state index in [0.29, 0.717) is 10.7 Å². The van der Waals surface area contributed by atoms with Crippen molar-refractivity contribution in [1.82, 2.24) is 0 Å². The highest BCUT2D eigenvalue weighted by molar-refractivity contribution is 9.09. The van der Waals surface area contributed by atoms with Gasteiger partial charge in [-0.1, -0.05) is 49.2 Å². The summed E-state index contributed by atoms with van der Waals surface area (Å²) in [5, 5.41) is 0. The van der Waals surface area contributed by atoms with Crippen molar-refractivity contribution in [2.24, 2.45) is 11.8 Å². The molecular formula is C18H27BrO. The Morgan fingerprint density at radius 1 is 1.25 bits per heavy atom. The monoisotopic (exact) mass is 338 g/mol. The summed E-state index contributed by atoms with van der Waals surface area (Å²) >= 11 is 3.96. The van der Waals surface area contributed by atoms with E-state index in [-0.39, 0.29) is 5.41 Å². The lowest BCUT2D eigenvalue weighted by Gasteiger charge is -2.43. The van der Waals surface area contributed by atoms with Crippen LogP contribution in [-0.4, -0.2) is 11.9 Å². The molecule has 1 aliphatic rings. The summed E-state index contributed by atoms with van der Waals surface area (Å²) < 4.78 is 5.33. The molecule has 0 radical (unpaired) electrons. The van der Waals surface area contributed by atoms with Crippen LogP contribution in [0, 0.1) is 18.8 Å². The zero-order valence-electron chi connectivity index (χ0n) is 13.4. The van der Waals surface area contributed by atoms with Gasteiger partial charge >= 0.3 is 0 Å². The van der Waals surface area contributed by atoms with Crippen molar-refractivity contribution in [3.8, 4) is 5.75 Å². The Kier molecular flexibility index (Phi) is 4.84. The molecule has 1 aromatic carbocycles. The third kappa shape index (κ3) is 3.05. The van der Waals surface area contributed by atoms with Gasteiger partial charge in [-0.3, -0.25) is 0 Å². The number of aryl methyl sites for hydroxylation is 1. The molecule has 112 valence electrons. The fourth-order valence-electron chi connectivity index (χ4n) is 3.81. The van der Waals surface area contributed by atoms with Gasteiger partial charge in [-0.2, -0.15) is 0 Å². The van der Waals surface area contributed by atoms with Crippen LogP contribution < -0.4 is 4.74 Å². The zero-order valence-corrected chi connectivity index (χ0v) is 15.0. The lowest BCUT2D eigenvalue weighted by Crippen LogP contribution is -2.39. The standard InChI is InChI=1S/C18H27BrO/c1-12-6-8-16(17(19)10-12)18(3,4)15-9-7-14(20-5)11-13(15)2/h7,9,11-12,16-17H,6,8,10H2,1-5H3. The van der Waals surface area contributed by atoms with E-state index >= 15 is 0 Å². The quantitative estimate of drug-likeness (QED) is 0.663. The van der Waals surface area contributed by atoms with E-state index in [9.17, 15) is 0 Å². The van der Waals surface area contributed by atoms with Crippen molar-refractivity contribution >= 4 is 15.9 Å². The van der Waals surface area contributed by atoms with Crippen molar-refractivity contribution in [1.29, 1.82) is 0 Å². The second-order valence-electron chi connectivity index (χ2n) is 6.94. The number of alkyl halides is 1. The zero-order chi connectivity index (χ0) is 14.9. The van der Waals surface area contributed by atoms with Crippen LogP contribution in [0.3, 0.4) is 0 Å².